The maximum Gasteiger partial charge on any atom is 0.110 e. The van der Waals surface area contributed by atoms with Crippen LogP contribution in [0, 0.1) is 0 Å². The van der Waals surface area contributed by atoms with Gasteiger partial charge in [-0.25, -0.2) is 4.98 Å². The highest BCUT2D eigenvalue weighted by Gasteiger charge is 2.17. The fourth-order valence-electron chi connectivity index (χ4n) is 1.89. The molecule has 2 aromatic rings. The number of imidazole rings is 1. The smallest absolute Gasteiger partial charge is 0.110 e. The molecule has 0 amide bonds. The first-order valence-electron chi connectivity index (χ1n) is 5.82. The summed E-state index contributed by atoms with van der Waals surface area (Å²) in [6.07, 6.45) is 6.08. The first-order valence-corrected chi connectivity index (χ1v) is 6.20. The molecule has 0 saturated carbocycles. The molecule has 0 saturated heterocycles. The summed E-state index contributed by atoms with van der Waals surface area (Å²) >= 11 is 6.13. The third-order valence-electron chi connectivity index (χ3n) is 2.85. The Kier molecular flexibility index (Phi) is 4.30. The van der Waals surface area contributed by atoms with Crippen LogP contribution >= 0.6 is 11.6 Å². The lowest BCUT2D eigenvalue weighted by Gasteiger charge is -2.16. The molecular formula is C12H16ClN5. The van der Waals surface area contributed by atoms with Gasteiger partial charge in [-0.05, 0) is 19.1 Å². The number of aromatic nitrogens is 3. The molecule has 3 N–H and O–H groups in total. The maximum absolute atomic E-state index is 6.13. The summed E-state index contributed by atoms with van der Waals surface area (Å²) in [6, 6.07) is 3.46. The van der Waals surface area contributed by atoms with Crippen LogP contribution in [0.4, 0.5) is 0 Å². The molecule has 18 heavy (non-hydrogen) atoms. The summed E-state index contributed by atoms with van der Waals surface area (Å²) in [5.41, 5.74) is 3.49. The summed E-state index contributed by atoms with van der Waals surface area (Å²) in [4.78, 5) is 8.60. The monoisotopic (exact) mass is 265 g/mol. The highest BCUT2D eigenvalue weighted by Crippen LogP contribution is 2.22. The van der Waals surface area contributed by atoms with E-state index in [9.17, 15) is 0 Å². The molecule has 6 heteroatoms. The topological polar surface area (TPSA) is 68.8 Å². The number of pyridine rings is 1. The van der Waals surface area contributed by atoms with Crippen molar-refractivity contribution in [3.63, 3.8) is 0 Å². The van der Waals surface area contributed by atoms with Crippen molar-refractivity contribution in [2.24, 2.45) is 5.84 Å². The van der Waals surface area contributed by atoms with Gasteiger partial charge < -0.3 is 4.57 Å². The lowest BCUT2D eigenvalue weighted by molar-refractivity contribution is 0.512. The average Bonchev–Trinajstić information content (AvgIpc) is 2.84. The summed E-state index contributed by atoms with van der Waals surface area (Å²) in [7, 11) is 0. The molecule has 0 aliphatic heterocycles. The summed E-state index contributed by atoms with van der Waals surface area (Å²) in [5.74, 6) is 6.56. The SMILES string of the molecule is CCn1ccnc1CC(NN)c1ncccc1Cl. The molecule has 0 bridgehead atoms. The highest BCUT2D eigenvalue weighted by atomic mass is 35.5. The van der Waals surface area contributed by atoms with E-state index < -0.39 is 0 Å². The van der Waals surface area contributed by atoms with Gasteiger partial charge in [0, 0.05) is 31.6 Å². The Bertz CT molecular complexity index is 511. The van der Waals surface area contributed by atoms with E-state index in [4.69, 9.17) is 17.4 Å². The predicted octanol–water partition coefficient (Wildman–Crippen LogP) is 1.70. The van der Waals surface area contributed by atoms with Gasteiger partial charge in [-0.1, -0.05) is 11.6 Å². The summed E-state index contributed by atoms with van der Waals surface area (Å²) in [6.45, 7) is 2.95. The maximum atomic E-state index is 6.13. The zero-order valence-corrected chi connectivity index (χ0v) is 10.9. The molecule has 0 fully saturated rings. The molecule has 2 heterocycles. The number of nitrogens with one attached hydrogen (secondary N) is 1. The van der Waals surface area contributed by atoms with Gasteiger partial charge in [0.25, 0.3) is 0 Å². The van der Waals surface area contributed by atoms with E-state index in [-0.39, 0.29) is 6.04 Å². The molecule has 96 valence electrons. The van der Waals surface area contributed by atoms with Crippen LogP contribution in [0.5, 0.6) is 0 Å². The first-order chi connectivity index (χ1) is 8.76. The number of halogens is 1. The van der Waals surface area contributed by atoms with Crippen molar-refractivity contribution in [3.8, 4) is 0 Å². The van der Waals surface area contributed by atoms with Crippen LogP contribution in [0.3, 0.4) is 0 Å². The van der Waals surface area contributed by atoms with Crippen molar-refractivity contribution < 1.29 is 0 Å². The quantitative estimate of drug-likeness (QED) is 0.638. The second-order valence-corrected chi connectivity index (χ2v) is 4.33. The first kappa shape index (κ1) is 13.0. The number of hydrazine groups is 1. The number of aryl methyl sites for hydroxylation is 1. The number of nitrogens with two attached hydrogens (primary N) is 1. The van der Waals surface area contributed by atoms with Crippen molar-refractivity contribution in [2.75, 3.05) is 0 Å². The second kappa shape index (κ2) is 5.95. The Morgan fingerprint density at radius 1 is 1.44 bits per heavy atom. The van der Waals surface area contributed by atoms with E-state index in [0.717, 1.165) is 18.1 Å². The van der Waals surface area contributed by atoms with Crippen molar-refractivity contribution in [2.45, 2.75) is 25.9 Å². The van der Waals surface area contributed by atoms with E-state index in [1.54, 1.807) is 24.5 Å². The molecule has 2 rings (SSSR count). The van der Waals surface area contributed by atoms with Crippen molar-refractivity contribution in [1.29, 1.82) is 0 Å². The second-order valence-electron chi connectivity index (χ2n) is 3.92. The molecule has 1 unspecified atom stereocenters. The van der Waals surface area contributed by atoms with Crippen LogP contribution in [0.15, 0.2) is 30.7 Å². The fraction of sp³-hybridized carbons (Fsp3) is 0.333. The Morgan fingerprint density at radius 3 is 2.94 bits per heavy atom. The Morgan fingerprint density at radius 2 is 2.28 bits per heavy atom. The number of hydrogen-bond donors (Lipinski definition) is 2. The molecule has 1 atom stereocenters. The van der Waals surface area contributed by atoms with Gasteiger partial charge in [-0.15, -0.1) is 0 Å². The third-order valence-corrected chi connectivity index (χ3v) is 3.17. The molecule has 0 aromatic carbocycles. The van der Waals surface area contributed by atoms with E-state index in [2.05, 4.69) is 26.9 Å². The summed E-state index contributed by atoms with van der Waals surface area (Å²) < 4.78 is 2.07. The number of nitrogens with zero attached hydrogens (tertiary/aromatic N) is 3. The van der Waals surface area contributed by atoms with E-state index in [0.29, 0.717) is 11.4 Å². The molecular weight excluding hydrogens is 250 g/mol. The van der Waals surface area contributed by atoms with Crippen LogP contribution in [-0.4, -0.2) is 14.5 Å². The average molecular weight is 266 g/mol. The van der Waals surface area contributed by atoms with Gasteiger partial charge in [0.2, 0.25) is 0 Å². The van der Waals surface area contributed by atoms with Gasteiger partial charge in [-0.2, -0.15) is 0 Å². The minimum atomic E-state index is -0.147. The van der Waals surface area contributed by atoms with Crippen LogP contribution in [-0.2, 0) is 13.0 Å². The van der Waals surface area contributed by atoms with Crippen LogP contribution in [0.25, 0.3) is 0 Å². The number of hydrogen-bond acceptors (Lipinski definition) is 4. The van der Waals surface area contributed by atoms with Crippen LogP contribution in [0.2, 0.25) is 5.02 Å². The Labute approximate surface area is 111 Å². The van der Waals surface area contributed by atoms with E-state index in [1.807, 2.05) is 6.20 Å². The molecule has 0 radical (unpaired) electrons. The van der Waals surface area contributed by atoms with E-state index in [1.165, 1.54) is 0 Å². The van der Waals surface area contributed by atoms with Crippen molar-refractivity contribution in [1.82, 2.24) is 20.0 Å². The lowest BCUT2D eigenvalue weighted by Crippen LogP contribution is -2.31. The molecule has 0 aliphatic rings. The van der Waals surface area contributed by atoms with Gasteiger partial charge in [-0.3, -0.25) is 16.3 Å². The van der Waals surface area contributed by atoms with Crippen LogP contribution < -0.4 is 11.3 Å². The zero-order chi connectivity index (χ0) is 13.0. The van der Waals surface area contributed by atoms with Gasteiger partial charge in [0.05, 0.1) is 16.8 Å². The largest absolute Gasteiger partial charge is 0.335 e. The molecule has 0 aliphatic carbocycles. The third kappa shape index (κ3) is 2.69. The highest BCUT2D eigenvalue weighted by molar-refractivity contribution is 6.31. The van der Waals surface area contributed by atoms with Gasteiger partial charge in [0.15, 0.2) is 0 Å². The molecule has 2 aromatic heterocycles. The predicted molar refractivity (Wildman–Crippen MR) is 70.9 cm³/mol. The normalized spacial score (nSPS) is 12.6. The van der Waals surface area contributed by atoms with Crippen LogP contribution in [0.1, 0.15) is 24.5 Å². The van der Waals surface area contributed by atoms with E-state index >= 15 is 0 Å². The Balaban J connectivity index is 2.23. The minimum absolute atomic E-state index is 0.147. The molecule has 0 spiro atoms. The zero-order valence-electron chi connectivity index (χ0n) is 10.2. The fourth-order valence-corrected chi connectivity index (χ4v) is 2.14. The van der Waals surface area contributed by atoms with Gasteiger partial charge in [0.1, 0.15) is 5.82 Å². The van der Waals surface area contributed by atoms with Crippen molar-refractivity contribution in [3.05, 3.63) is 47.3 Å². The molecule has 5 nitrogen and oxygen atoms in total. The standard InChI is InChI=1S/C12H16ClN5/c1-2-18-7-6-15-11(18)8-10(17-14)12-9(13)4-3-5-16-12/h3-7,10,17H,2,8,14H2,1H3. The number of rotatable bonds is 5. The van der Waals surface area contributed by atoms with Crippen molar-refractivity contribution >= 4 is 11.6 Å². The summed E-state index contributed by atoms with van der Waals surface area (Å²) in [5, 5.41) is 0.607. The Hall–Kier alpha value is -1.43. The van der Waals surface area contributed by atoms with Gasteiger partial charge >= 0.3 is 0 Å². The minimum Gasteiger partial charge on any atom is -0.335 e. The lowest BCUT2D eigenvalue weighted by atomic mass is 10.1.